The number of rotatable bonds is 4. The first kappa shape index (κ1) is 20.4. The first-order valence-corrected chi connectivity index (χ1v) is 10.8. The van der Waals surface area contributed by atoms with E-state index in [9.17, 15) is 9.90 Å². The molecule has 1 N–H and O–H groups in total. The molecule has 158 valence electrons. The number of aromatic nitrogens is 3. The molecule has 2 aromatic rings. The highest BCUT2D eigenvalue weighted by Gasteiger charge is 2.34. The molecule has 0 spiro atoms. The van der Waals surface area contributed by atoms with Crippen LogP contribution in [0.1, 0.15) is 40.0 Å². The Morgan fingerprint density at radius 1 is 1.31 bits per heavy atom. The van der Waals surface area contributed by atoms with Crippen LogP contribution in [0.3, 0.4) is 0 Å². The van der Waals surface area contributed by atoms with Crippen molar-refractivity contribution in [3.63, 3.8) is 0 Å². The molecule has 0 bridgehead atoms. The SMILES string of the molecule is CC(C)(C)OC(=O)N1CC[C@@H](Oc2ccc3c(nnn3CC3CC3)c2Br)[C@H](O)C1. The van der Waals surface area contributed by atoms with Gasteiger partial charge >= 0.3 is 6.09 Å². The minimum Gasteiger partial charge on any atom is -0.486 e. The predicted molar refractivity (Wildman–Crippen MR) is 111 cm³/mol. The van der Waals surface area contributed by atoms with Crippen molar-refractivity contribution in [2.24, 2.45) is 5.92 Å². The number of aliphatic hydroxyl groups is 1. The van der Waals surface area contributed by atoms with E-state index in [2.05, 4.69) is 26.2 Å². The Morgan fingerprint density at radius 2 is 2.07 bits per heavy atom. The lowest BCUT2D eigenvalue weighted by Gasteiger charge is -2.36. The number of benzene rings is 1. The molecule has 9 heteroatoms. The van der Waals surface area contributed by atoms with Crippen molar-refractivity contribution >= 4 is 33.1 Å². The van der Waals surface area contributed by atoms with E-state index >= 15 is 0 Å². The summed E-state index contributed by atoms with van der Waals surface area (Å²) in [7, 11) is 0. The molecule has 2 fully saturated rings. The lowest BCUT2D eigenvalue weighted by atomic mass is 10.1. The smallest absolute Gasteiger partial charge is 0.410 e. The molecule has 2 heterocycles. The normalized spacial score (nSPS) is 22.7. The molecule has 1 aliphatic heterocycles. The summed E-state index contributed by atoms with van der Waals surface area (Å²) in [6, 6.07) is 3.84. The molecule has 2 atom stereocenters. The summed E-state index contributed by atoms with van der Waals surface area (Å²) in [5, 5.41) is 19.1. The van der Waals surface area contributed by atoms with Gasteiger partial charge < -0.3 is 19.5 Å². The summed E-state index contributed by atoms with van der Waals surface area (Å²) < 4.78 is 14.2. The number of carbonyl (C=O) groups is 1. The molecule has 8 nitrogen and oxygen atoms in total. The fourth-order valence-electron chi connectivity index (χ4n) is 3.46. The van der Waals surface area contributed by atoms with E-state index in [1.807, 2.05) is 37.6 Å². The van der Waals surface area contributed by atoms with Crippen LogP contribution in [0, 0.1) is 5.92 Å². The third kappa shape index (κ3) is 4.66. The Bertz CT molecular complexity index is 906. The molecule has 0 unspecified atom stereocenters. The van der Waals surface area contributed by atoms with Gasteiger partial charge in [0.15, 0.2) is 0 Å². The summed E-state index contributed by atoms with van der Waals surface area (Å²) in [5.41, 5.74) is 1.16. The van der Waals surface area contributed by atoms with Gasteiger partial charge in [0.05, 0.1) is 16.5 Å². The van der Waals surface area contributed by atoms with E-state index in [0.29, 0.717) is 24.6 Å². The molecular weight excluding hydrogens is 440 g/mol. The zero-order chi connectivity index (χ0) is 20.8. The van der Waals surface area contributed by atoms with Gasteiger partial charge in [0.2, 0.25) is 0 Å². The van der Waals surface area contributed by atoms with Crippen molar-refractivity contribution < 1.29 is 19.4 Å². The van der Waals surface area contributed by atoms with Crippen LogP contribution in [0.2, 0.25) is 0 Å². The monoisotopic (exact) mass is 466 g/mol. The van der Waals surface area contributed by atoms with Gasteiger partial charge in [-0.05, 0) is 67.6 Å². The van der Waals surface area contributed by atoms with Gasteiger partial charge in [0.1, 0.15) is 29.1 Å². The molecule has 1 saturated heterocycles. The summed E-state index contributed by atoms with van der Waals surface area (Å²) in [4.78, 5) is 13.8. The highest BCUT2D eigenvalue weighted by Crippen LogP contribution is 2.36. The number of aliphatic hydroxyl groups excluding tert-OH is 1. The van der Waals surface area contributed by atoms with Crippen LogP contribution >= 0.6 is 15.9 Å². The zero-order valence-electron chi connectivity index (χ0n) is 17.0. The third-order valence-corrected chi connectivity index (χ3v) is 5.93. The number of ether oxygens (including phenoxy) is 2. The molecule has 0 radical (unpaired) electrons. The van der Waals surface area contributed by atoms with Gasteiger partial charge in [-0.25, -0.2) is 9.48 Å². The van der Waals surface area contributed by atoms with Crippen LogP contribution in [-0.2, 0) is 11.3 Å². The van der Waals surface area contributed by atoms with E-state index in [1.165, 1.54) is 17.7 Å². The number of fused-ring (bicyclic) bond motifs is 1. The molecule has 4 rings (SSSR count). The second-order valence-electron chi connectivity index (χ2n) is 8.90. The molecule has 1 saturated carbocycles. The average Bonchev–Trinajstić information content (AvgIpc) is 3.36. The molecule has 1 aliphatic carbocycles. The largest absolute Gasteiger partial charge is 0.486 e. The fraction of sp³-hybridized carbons (Fsp3) is 0.650. The predicted octanol–water partition coefficient (Wildman–Crippen LogP) is 3.35. The van der Waals surface area contributed by atoms with Crippen molar-refractivity contribution in [1.82, 2.24) is 19.9 Å². The zero-order valence-corrected chi connectivity index (χ0v) is 18.6. The topological polar surface area (TPSA) is 89.7 Å². The quantitative estimate of drug-likeness (QED) is 0.742. The van der Waals surface area contributed by atoms with Crippen molar-refractivity contribution in [3.8, 4) is 5.75 Å². The van der Waals surface area contributed by atoms with Gasteiger partial charge in [-0.15, -0.1) is 5.10 Å². The van der Waals surface area contributed by atoms with E-state index < -0.39 is 23.9 Å². The van der Waals surface area contributed by atoms with Crippen LogP contribution < -0.4 is 4.74 Å². The first-order valence-electron chi connectivity index (χ1n) is 10.1. The van der Waals surface area contributed by atoms with E-state index in [4.69, 9.17) is 9.47 Å². The van der Waals surface area contributed by atoms with E-state index in [-0.39, 0.29) is 6.54 Å². The fourth-order valence-corrected chi connectivity index (χ4v) is 3.97. The van der Waals surface area contributed by atoms with Crippen LogP contribution in [0.15, 0.2) is 16.6 Å². The number of piperidine rings is 1. The van der Waals surface area contributed by atoms with Gasteiger partial charge in [-0.2, -0.15) is 0 Å². The maximum atomic E-state index is 12.2. The van der Waals surface area contributed by atoms with E-state index in [1.54, 1.807) is 0 Å². The van der Waals surface area contributed by atoms with Gasteiger partial charge in [0, 0.05) is 19.5 Å². The Hall–Kier alpha value is -1.87. The summed E-state index contributed by atoms with van der Waals surface area (Å²) in [6.07, 6.45) is 1.39. The van der Waals surface area contributed by atoms with Crippen molar-refractivity contribution in [3.05, 3.63) is 16.6 Å². The summed E-state index contributed by atoms with van der Waals surface area (Å²) in [5.74, 6) is 1.32. The van der Waals surface area contributed by atoms with Crippen molar-refractivity contribution in [2.75, 3.05) is 13.1 Å². The number of nitrogens with zero attached hydrogens (tertiary/aromatic N) is 4. The van der Waals surface area contributed by atoms with Gasteiger partial charge in [-0.1, -0.05) is 5.21 Å². The van der Waals surface area contributed by atoms with Crippen molar-refractivity contribution in [2.45, 2.75) is 64.4 Å². The highest BCUT2D eigenvalue weighted by molar-refractivity contribution is 9.10. The minimum absolute atomic E-state index is 0.178. The number of halogens is 1. The van der Waals surface area contributed by atoms with E-state index in [0.717, 1.165) is 22.1 Å². The summed E-state index contributed by atoms with van der Waals surface area (Å²) in [6.45, 7) is 7.01. The number of carbonyl (C=O) groups excluding carboxylic acids is 1. The molecule has 1 aromatic carbocycles. The number of β-amino-alcohol motifs (C(OH)–C–C–N with tert-alkyl or cyclic N) is 1. The minimum atomic E-state index is -0.801. The Balaban J connectivity index is 1.42. The standard InChI is InChI=1S/C20H27BrN4O4/c1-20(2,3)29-19(27)24-9-8-15(14(26)11-24)28-16-7-6-13-18(17(16)21)22-23-25(13)10-12-4-5-12/h6-7,12,14-15,26H,4-5,8-11H2,1-3H3/t14-,15-/m1/s1. The molecule has 1 amide bonds. The molecule has 29 heavy (non-hydrogen) atoms. The lowest BCUT2D eigenvalue weighted by molar-refractivity contribution is -0.0376. The van der Waals surface area contributed by atoms with Gasteiger partial charge in [-0.3, -0.25) is 0 Å². The number of amides is 1. The Kier molecular flexibility index (Phi) is 5.46. The van der Waals surface area contributed by atoms with Gasteiger partial charge in [0.25, 0.3) is 0 Å². The molecule has 1 aromatic heterocycles. The number of hydrogen-bond donors (Lipinski definition) is 1. The van der Waals surface area contributed by atoms with Crippen LogP contribution in [0.4, 0.5) is 4.79 Å². The molecular formula is C20H27BrN4O4. The number of likely N-dealkylation sites (tertiary alicyclic amines) is 1. The number of hydrogen-bond acceptors (Lipinski definition) is 6. The Labute approximate surface area is 178 Å². The van der Waals surface area contributed by atoms with Crippen LogP contribution in [0.5, 0.6) is 5.75 Å². The third-order valence-electron chi connectivity index (χ3n) is 5.17. The second-order valence-corrected chi connectivity index (χ2v) is 9.69. The van der Waals surface area contributed by atoms with Crippen molar-refractivity contribution in [1.29, 1.82) is 0 Å². The first-order chi connectivity index (χ1) is 13.7. The molecule has 2 aliphatic rings. The average molecular weight is 467 g/mol. The Morgan fingerprint density at radius 3 is 2.72 bits per heavy atom. The summed E-state index contributed by atoms with van der Waals surface area (Å²) >= 11 is 3.58. The second kappa shape index (κ2) is 7.75. The van der Waals surface area contributed by atoms with Crippen LogP contribution in [-0.4, -0.2) is 62.0 Å². The maximum Gasteiger partial charge on any atom is 0.410 e. The maximum absolute atomic E-state index is 12.2. The van der Waals surface area contributed by atoms with Crippen LogP contribution in [0.25, 0.3) is 11.0 Å². The lowest BCUT2D eigenvalue weighted by Crippen LogP contribution is -2.52. The highest BCUT2D eigenvalue weighted by atomic mass is 79.9.